The van der Waals surface area contributed by atoms with E-state index < -0.39 is 0 Å². The van der Waals surface area contributed by atoms with Crippen LogP contribution < -0.4 is 5.32 Å². The van der Waals surface area contributed by atoms with Crippen LogP contribution in [0.4, 0.5) is 0 Å². The topological polar surface area (TPSA) is 18.5 Å². The van der Waals surface area contributed by atoms with Gasteiger partial charge in [-0.15, -0.1) is 0 Å². The van der Waals surface area contributed by atoms with Crippen LogP contribution in [-0.4, -0.2) is 61.7 Å². The Morgan fingerprint density at radius 2 is 2.00 bits per heavy atom. The molecule has 2 unspecified atom stereocenters. The Bertz CT molecular complexity index is 204. The molecule has 3 nitrogen and oxygen atoms in total. The van der Waals surface area contributed by atoms with Gasteiger partial charge in [-0.1, -0.05) is 13.8 Å². The van der Waals surface area contributed by atoms with Crippen molar-refractivity contribution in [1.82, 2.24) is 15.1 Å². The number of hydrogen-bond acceptors (Lipinski definition) is 3. The molecule has 102 valence electrons. The van der Waals surface area contributed by atoms with Crippen molar-refractivity contribution in [2.24, 2.45) is 0 Å². The summed E-state index contributed by atoms with van der Waals surface area (Å²) in [7, 11) is 4.36. The van der Waals surface area contributed by atoms with E-state index in [4.69, 9.17) is 0 Å². The Morgan fingerprint density at radius 1 is 1.29 bits per heavy atom. The van der Waals surface area contributed by atoms with Crippen molar-refractivity contribution in [3.63, 3.8) is 0 Å². The van der Waals surface area contributed by atoms with Crippen molar-refractivity contribution in [3.8, 4) is 0 Å². The first-order valence-electron chi connectivity index (χ1n) is 7.14. The highest BCUT2D eigenvalue weighted by atomic mass is 15.2. The summed E-state index contributed by atoms with van der Waals surface area (Å²) >= 11 is 0. The zero-order chi connectivity index (χ0) is 12.8. The van der Waals surface area contributed by atoms with E-state index in [1.54, 1.807) is 0 Å². The lowest BCUT2D eigenvalue weighted by Gasteiger charge is -2.32. The molecule has 1 fully saturated rings. The van der Waals surface area contributed by atoms with E-state index in [-0.39, 0.29) is 0 Å². The van der Waals surface area contributed by atoms with Crippen LogP contribution >= 0.6 is 0 Å². The Hall–Kier alpha value is -0.120. The second-order valence-corrected chi connectivity index (χ2v) is 6.04. The third kappa shape index (κ3) is 5.36. The summed E-state index contributed by atoms with van der Waals surface area (Å²) < 4.78 is 0. The highest BCUT2D eigenvalue weighted by Crippen LogP contribution is 2.21. The molecule has 0 radical (unpaired) electrons. The first-order chi connectivity index (χ1) is 8.00. The smallest absolute Gasteiger partial charge is 0.0226 e. The van der Waals surface area contributed by atoms with Crippen molar-refractivity contribution in [2.45, 2.75) is 58.2 Å². The predicted octanol–water partition coefficient (Wildman–Crippen LogP) is 1.79. The third-order valence-electron chi connectivity index (χ3n) is 3.68. The van der Waals surface area contributed by atoms with Crippen LogP contribution in [-0.2, 0) is 0 Å². The molecule has 1 aliphatic heterocycles. The fraction of sp³-hybridized carbons (Fsp3) is 1.00. The van der Waals surface area contributed by atoms with Crippen LogP contribution in [0.2, 0.25) is 0 Å². The molecular formula is C14H31N3. The number of rotatable bonds is 7. The lowest BCUT2D eigenvalue weighted by atomic mass is 10.1. The average molecular weight is 241 g/mol. The standard InChI is InChI=1S/C14H31N3/c1-12(2)15-9-8-13(3)17-10-6-7-14(17)11-16(4)5/h12-15H,6-11H2,1-5H3. The highest BCUT2D eigenvalue weighted by molar-refractivity contribution is 4.84. The molecule has 1 N–H and O–H groups in total. The second kappa shape index (κ2) is 7.34. The summed E-state index contributed by atoms with van der Waals surface area (Å²) in [6.07, 6.45) is 4.02. The minimum Gasteiger partial charge on any atom is -0.314 e. The van der Waals surface area contributed by atoms with Crippen molar-refractivity contribution >= 4 is 0 Å². The fourth-order valence-corrected chi connectivity index (χ4v) is 2.80. The van der Waals surface area contributed by atoms with E-state index in [0.29, 0.717) is 12.1 Å². The molecule has 1 saturated heterocycles. The van der Waals surface area contributed by atoms with E-state index in [1.807, 2.05) is 0 Å². The number of likely N-dealkylation sites (tertiary alicyclic amines) is 1. The fourth-order valence-electron chi connectivity index (χ4n) is 2.80. The number of hydrogen-bond donors (Lipinski definition) is 1. The minimum atomic E-state index is 0.610. The number of nitrogens with zero attached hydrogens (tertiary/aromatic N) is 2. The van der Waals surface area contributed by atoms with Gasteiger partial charge in [0.25, 0.3) is 0 Å². The first kappa shape index (κ1) is 14.9. The van der Waals surface area contributed by atoms with Gasteiger partial charge in [-0.25, -0.2) is 0 Å². The summed E-state index contributed by atoms with van der Waals surface area (Å²) in [4.78, 5) is 5.03. The maximum Gasteiger partial charge on any atom is 0.0226 e. The summed E-state index contributed by atoms with van der Waals surface area (Å²) in [6.45, 7) is 10.5. The van der Waals surface area contributed by atoms with Gasteiger partial charge in [0.1, 0.15) is 0 Å². The summed E-state index contributed by atoms with van der Waals surface area (Å²) in [5.74, 6) is 0. The van der Waals surface area contributed by atoms with Crippen LogP contribution in [0, 0.1) is 0 Å². The molecule has 3 heteroatoms. The quantitative estimate of drug-likeness (QED) is 0.733. The Balaban J connectivity index is 2.31. The van der Waals surface area contributed by atoms with Crippen molar-refractivity contribution in [3.05, 3.63) is 0 Å². The van der Waals surface area contributed by atoms with E-state index in [2.05, 4.69) is 50.0 Å². The summed E-state index contributed by atoms with van der Waals surface area (Å²) in [5, 5.41) is 3.52. The molecule has 0 bridgehead atoms. The lowest BCUT2D eigenvalue weighted by Crippen LogP contribution is -2.43. The van der Waals surface area contributed by atoms with Gasteiger partial charge in [-0.3, -0.25) is 4.90 Å². The zero-order valence-electron chi connectivity index (χ0n) is 12.4. The van der Waals surface area contributed by atoms with Crippen LogP contribution in [0.15, 0.2) is 0 Å². The van der Waals surface area contributed by atoms with Gasteiger partial charge in [0.2, 0.25) is 0 Å². The van der Waals surface area contributed by atoms with Gasteiger partial charge in [0.05, 0.1) is 0 Å². The molecule has 1 heterocycles. The molecule has 0 saturated carbocycles. The molecule has 1 aliphatic rings. The van der Waals surface area contributed by atoms with Crippen LogP contribution in [0.1, 0.15) is 40.0 Å². The Kier molecular flexibility index (Phi) is 6.45. The Labute approximate surface area is 108 Å². The number of nitrogens with one attached hydrogen (secondary N) is 1. The molecular weight excluding hydrogens is 210 g/mol. The number of likely N-dealkylation sites (N-methyl/N-ethyl adjacent to an activating group) is 1. The van der Waals surface area contributed by atoms with Crippen molar-refractivity contribution in [2.75, 3.05) is 33.7 Å². The second-order valence-electron chi connectivity index (χ2n) is 6.04. The van der Waals surface area contributed by atoms with E-state index in [9.17, 15) is 0 Å². The van der Waals surface area contributed by atoms with Gasteiger partial charge < -0.3 is 10.2 Å². The summed E-state index contributed by atoms with van der Waals surface area (Å²) in [5.41, 5.74) is 0. The zero-order valence-corrected chi connectivity index (χ0v) is 12.4. The van der Waals surface area contributed by atoms with E-state index >= 15 is 0 Å². The average Bonchev–Trinajstić information content (AvgIpc) is 2.64. The molecule has 0 aromatic carbocycles. The highest BCUT2D eigenvalue weighted by Gasteiger charge is 2.28. The van der Waals surface area contributed by atoms with Gasteiger partial charge in [0, 0.05) is 24.7 Å². The first-order valence-corrected chi connectivity index (χ1v) is 7.14. The monoisotopic (exact) mass is 241 g/mol. The molecule has 0 aliphatic carbocycles. The Morgan fingerprint density at radius 3 is 2.59 bits per heavy atom. The molecule has 0 spiro atoms. The third-order valence-corrected chi connectivity index (χ3v) is 3.68. The van der Waals surface area contributed by atoms with E-state index in [0.717, 1.165) is 12.6 Å². The molecule has 0 aromatic heterocycles. The lowest BCUT2D eigenvalue weighted by molar-refractivity contribution is 0.154. The normalized spacial score (nSPS) is 23.8. The van der Waals surface area contributed by atoms with Crippen LogP contribution in [0.3, 0.4) is 0 Å². The van der Waals surface area contributed by atoms with Crippen molar-refractivity contribution < 1.29 is 0 Å². The van der Waals surface area contributed by atoms with Crippen LogP contribution in [0.25, 0.3) is 0 Å². The molecule has 17 heavy (non-hydrogen) atoms. The minimum absolute atomic E-state index is 0.610. The molecule has 2 atom stereocenters. The molecule has 0 aromatic rings. The van der Waals surface area contributed by atoms with Gasteiger partial charge in [-0.2, -0.15) is 0 Å². The SMILES string of the molecule is CC(C)NCCC(C)N1CCCC1CN(C)C. The predicted molar refractivity (Wildman–Crippen MR) is 75.5 cm³/mol. The summed E-state index contributed by atoms with van der Waals surface area (Å²) in [6, 6.07) is 2.10. The van der Waals surface area contributed by atoms with Crippen molar-refractivity contribution in [1.29, 1.82) is 0 Å². The maximum absolute atomic E-state index is 3.52. The molecule has 0 amide bonds. The molecule has 1 rings (SSSR count). The largest absolute Gasteiger partial charge is 0.314 e. The van der Waals surface area contributed by atoms with E-state index in [1.165, 1.54) is 32.4 Å². The van der Waals surface area contributed by atoms with Gasteiger partial charge in [-0.05, 0) is 53.4 Å². The van der Waals surface area contributed by atoms with Crippen LogP contribution in [0.5, 0.6) is 0 Å². The van der Waals surface area contributed by atoms with Gasteiger partial charge in [0.15, 0.2) is 0 Å². The maximum atomic E-state index is 3.52. The van der Waals surface area contributed by atoms with Gasteiger partial charge >= 0.3 is 0 Å².